The number of epoxide rings is 1. The molecule has 0 radical (unpaired) electrons. The molecule has 1 fully saturated rings. The van der Waals surface area contributed by atoms with E-state index >= 15 is 0 Å². The van der Waals surface area contributed by atoms with E-state index in [0.717, 1.165) is 38.5 Å². The minimum absolute atomic E-state index is 0.0906. The first-order valence-corrected chi connectivity index (χ1v) is 11.3. The van der Waals surface area contributed by atoms with Crippen LogP contribution in [-0.4, -0.2) is 48.6 Å². The van der Waals surface area contributed by atoms with E-state index in [4.69, 9.17) is 19.3 Å². The average Bonchev–Trinajstić information content (AvgIpc) is 3.44. The van der Waals surface area contributed by atoms with Crippen LogP contribution in [0.25, 0.3) is 0 Å². The third kappa shape index (κ3) is 14.3. The molecule has 0 amide bonds. The fourth-order valence-electron chi connectivity index (χ4n) is 3.26. The predicted molar refractivity (Wildman–Crippen MR) is 112 cm³/mol. The minimum Gasteiger partial charge on any atom is -0.462 e. The third-order valence-electron chi connectivity index (χ3n) is 5.03. The van der Waals surface area contributed by atoms with E-state index in [0.29, 0.717) is 18.6 Å². The van der Waals surface area contributed by atoms with Crippen molar-refractivity contribution in [3.05, 3.63) is 12.2 Å². The molecule has 0 aliphatic carbocycles. The second-order valence-electron chi connectivity index (χ2n) is 7.82. The number of unbranched alkanes of at least 4 members (excludes halogenated alkanes) is 7. The zero-order valence-corrected chi connectivity index (χ0v) is 18.3. The van der Waals surface area contributed by atoms with Crippen molar-refractivity contribution in [3.63, 3.8) is 0 Å². The van der Waals surface area contributed by atoms with Crippen molar-refractivity contribution in [1.82, 2.24) is 0 Å². The molecule has 0 aromatic rings. The SMILES string of the molecule is CCCCCC1OC1C/C=C\CCCCCCCC(=O)OC[C@H](CO)OC(C)=O. The van der Waals surface area contributed by atoms with Crippen molar-refractivity contribution in [1.29, 1.82) is 0 Å². The van der Waals surface area contributed by atoms with Gasteiger partial charge in [0.25, 0.3) is 0 Å². The van der Waals surface area contributed by atoms with Crippen LogP contribution in [0.2, 0.25) is 0 Å². The molecule has 1 aliphatic rings. The Hall–Kier alpha value is -1.40. The minimum atomic E-state index is -0.775. The first-order valence-electron chi connectivity index (χ1n) is 11.3. The average molecular weight is 413 g/mol. The number of carbonyl (C=O) groups is 2. The van der Waals surface area contributed by atoms with E-state index in [9.17, 15) is 9.59 Å². The van der Waals surface area contributed by atoms with Crippen molar-refractivity contribution in [2.75, 3.05) is 13.2 Å². The predicted octanol–water partition coefficient (Wildman–Crippen LogP) is 4.48. The molecule has 0 spiro atoms. The molecule has 0 aromatic carbocycles. The Balaban J connectivity index is 1.87. The molecule has 0 aromatic heterocycles. The summed E-state index contributed by atoms with van der Waals surface area (Å²) in [5.74, 6) is -0.809. The first-order chi connectivity index (χ1) is 14.1. The Bertz CT molecular complexity index is 476. The summed E-state index contributed by atoms with van der Waals surface area (Å²) >= 11 is 0. The summed E-state index contributed by atoms with van der Waals surface area (Å²) in [6.07, 6.45) is 17.6. The summed E-state index contributed by atoms with van der Waals surface area (Å²) in [6.45, 7) is 3.04. The Morgan fingerprint density at radius 3 is 2.52 bits per heavy atom. The second kappa shape index (κ2) is 16.4. The largest absolute Gasteiger partial charge is 0.462 e. The molecule has 1 heterocycles. The van der Waals surface area contributed by atoms with Crippen LogP contribution in [-0.2, 0) is 23.8 Å². The summed E-state index contributed by atoms with van der Waals surface area (Å²) in [5.41, 5.74) is 0. The zero-order valence-electron chi connectivity index (χ0n) is 18.3. The van der Waals surface area contributed by atoms with Gasteiger partial charge in [-0.3, -0.25) is 9.59 Å². The van der Waals surface area contributed by atoms with Crippen molar-refractivity contribution < 1.29 is 28.9 Å². The molecule has 3 atom stereocenters. The van der Waals surface area contributed by atoms with Crippen LogP contribution >= 0.6 is 0 Å². The van der Waals surface area contributed by atoms with Gasteiger partial charge in [-0.1, -0.05) is 57.6 Å². The van der Waals surface area contributed by atoms with Gasteiger partial charge in [0.15, 0.2) is 6.10 Å². The molecular formula is C23H40O6. The van der Waals surface area contributed by atoms with Crippen LogP contribution in [0.4, 0.5) is 0 Å². The Kier molecular flexibility index (Phi) is 14.5. The van der Waals surface area contributed by atoms with Gasteiger partial charge in [0.05, 0.1) is 18.8 Å². The van der Waals surface area contributed by atoms with E-state index in [1.807, 2.05) is 0 Å². The molecule has 168 valence electrons. The molecule has 0 bridgehead atoms. The van der Waals surface area contributed by atoms with Crippen molar-refractivity contribution in [2.45, 2.75) is 109 Å². The van der Waals surface area contributed by atoms with E-state index in [1.165, 1.54) is 39.0 Å². The highest BCUT2D eigenvalue weighted by Crippen LogP contribution is 2.30. The second-order valence-corrected chi connectivity index (χ2v) is 7.82. The van der Waals surface area contributed by atoms with Crippen LogP contribution in [0.1, 0.15) is 90.9 Å². The van der Waals surface area contributed by atoms with Gasteiger partial charge in [-0.05, 0) is 32.1 Å². The molecule has 6 nitrogen and oxygen atoms in total. The highest BCUT2D eigenvalue weighted by molar-refractivity contribution is 5.69. The van der Waals surface area contributed by atoms with Crippen LogP contribution in [0.15, 0.2) is 12.2 Å². The van der Waals surface area contributed by atoms with Gasteiger partial charge in [0, 0.05) is 13.3 Å². The number of rotatable bonds is 18. The zero-order chi connectivity index (χ0) is 21.3. The van der Waals surface area contributed by atoms with Gasteiger partial charge in [-0.2, -0.15) is 0 Å². The van der Waals surface area contributed by atoms with E-state index in [2.05, 4.69) is 19.1 Å². The smallest absolute Gasteiger partial charge is 0.305 e. The van der Waals surface area contributed by atoms with Crippen molar-refractivity contribution in [3.8, 4) is 0 Å². The van der Waals surface area contributed by atoms with Gasteiger partial charge in [-0.25, -0.2) is 0 Å². The van der Waals surface area contributed by atoms with E-state index in [-0.39, 0.29) is 19.2 Å². The lowest BCUT2D eigenvalue weighted by Crippen LogP contribution is -2.27. The lowest BCUT2D eigenvalue weighted by atomic mass is 10.1. The summed E-state index contributed by atoms with van der Waals surface area (Å²) < 4.78 is 15.5. The topological polar surface area (TPSA) is 85.4 Å². The number of ether oxygens (including phenoxy) is 3. The monoisotopic (exact) mass is 412 g/mol. The number of aliphatic hydroxyl groups excluding tert-OH is 1. The molecule has 0 saturated carbocycles. The third-order valence-corrected chi connectivity index (χ3v) is 5.03. The maximum atomic E-state index is 11.6. The van der Waals surface area contributed by atoms with E-state index in [1.54, 1.807) is 0 Å². The van der Waals surface area contributed by atoms with Crippen molar-refractivity contribution >= 4 is 11.9 Å². The van der Waals surface area contributed by atoms with Gasteiger partial charge >= 0.3 is 11.9 Å². The molecule has 29 heavy (non-hydrogen) atoms. The molecule has 2 unspecified atom stereocenters. The number of aliphatic hydroxyl groups is 1. The molecule has 1 aliphatic heterocycles. The first kappa shape index (κ1) is 25.6. The highest BCUT2D eigenvalue weighted by Gasteiger charge is 2.36. The lowest BCUT2D eigenvalue weighted by molar-refractivity contribution is -0.159. The van der Waals surface area contributed by atoms with Crippen LogP contribution < -0.4 is 0 Å². The number of hydrogen-bond acceptors (Lipinski definition) is 6. The van der Waals surface area contributed by atoms with E-state index < -0.39 is 12.1 Å². The lowest BCUT2D eigenvalue weighted by Gasteiger charge is -2.14. The standard InChI is InChI=1S/C23H40O6/c1-3-4-11-14-21-22(29-21)15-12-9-7-5-6-8-10-13-16-23(26)27-18-20(17-24)28-19(2)25/h9,12,20-22,24H,3-8,10-11,13-18H2,1-2H3/b12-9-/t20-,21?,22?/m0/s1. The van der Waals surface area contributed by atoms with Gasteiger partial charge < -0.3 is 19.3 Å². The summed E-state index contributed by atoms with van der Waals surface area (Å²) in [6, 6.07) is 0. The van der Waals surface area contributed by atoms with Gasteiger partial charge in [-0.15, -0.1) is 0 Å². The van der Waals surface area contributed by atoms with Gasteiger partial charge in [0.1, 0.15) is 6.61 Å². The Labute approximate surface area is 176 Å². The Morgan fingerprint density at radius 1 is 1.03 bits per heavy atom. The number of carbonyl (C=O) groups excluding carboxylic acids is 2. The van der Waals surface area contributed by atoms with Crippen LogP contribution in [0.3, 0.4) is 0 Å². The summed E-state index contributed by atoms with van der Waals surface area (Å²) in [5, 5.41) is 9.04. The quantitative estimate of drug-likeness (QED) is 0.155. The summed E-state index contributed by atoms with van der Waals surface area (Å²) in [7, 11) is 0. The summed E-state index contributed by atoms with van der Waals surface area (Å²) in [4.78, 5) is 22.5. The fourth-order valence-corrected chi connectivity index (χ4v) is 3.26. The number of esters is 2. The number of allylic oxidation sites excluding steroid dienone is 1. The highest BCUT2D eigenvalue weighted by atomic mass is 16.6. The maximum absolute atomic E-state index is 11.6. The van der Waals surface area contributed by atoms with Crippen molar-refractivity contribution in [2.24, 2.45) is 0 Å². The molecule has 6 heteroatoms. The number of hydrogen-bond donors (Lipinski definition) is 1. The normalized spacial score (nSPS) is 19.3. The molecule has 1 N–H and O–H groups in total. The van der Waals surface area contributed by atoms with Crippen LogP contribution in [0.5, 0.6) is 0 Å². The molecule has 1 rings (SSSR count). The van der Waals surface area contributed by atoms with Crippen LogP contribution in [0, 0.1) is 0 Å². The maximum Gasteiger partial charge on any atom is 0.305 e. The molecular weight excluding hydrogens is 372 g/mol. The van der Waals surface area contributed by atoms with Gasteiger partial charge in [0.2, 0.25) is 0 Å². The molecule has 1 saturated heterocycles. The fraction of sp³-hybridized carbons (Fsp3) is 0.826. The Morgan fingerprint density at radius 2 is 1.79 bits per heavy atom.